The summed E-state index contributed by atoms with van der Waals surface area (Å²) in [6, 6.07) is 0. The highest BCUT2D eigenvalue weighted by molar-refractivity contribution is 5.71. The first-order chi connectivity index (χ1) is 30.3. The van der Waals surface area contributed by atoms with Crippen LogP contribution >= 0.6 is 0 Å². The van der Waals surface area contributed by atoms with Crippen LogP contribution in [-0.2, 0) is 38.1 Å². The van der Waals surface area contributed by atoms with E-state index >= 15 is 0 Å². The van der Waals surface area contributed by atoms with Crippen LogP contribution in [0, 0.1) is 0 Å². The van der Waals surface area contributed by atoms with Gasteiger partial charge in [-0.25, -0.2) is 0 Å². The standard InChI is InChI=1S/C27H52O5.C25H48O5/c1-3-5-7-9-10-11-12-13-14-15-16-18-19-21-26(29)31-24-25(23-28)32-27(30)22-20-17-8-6-4-2;1-3-5-7-8-9-10-11-12-13-14-15-16-18-19-24(27)29-22-23(21-26)30-25(28)20-17-6-4-2/h25,28H,3-24H2,1-2H3;23,26H,3-22H2,1-2H3. The van der Waals surface area contributed by atoms with Gasteiger partial charge in [-0.15, -0.1) is 0 Å². The molecule has 0 fully saturated rings. The van der Waals surface area contributed by atoms with Gasteiger partial charge in [-0.2, -0.15) is 0 Å². The molecule has 62 heavy (non-hydrogen) atoms. The SMILES string of the molecule is CCCCCCCCCCCCCCCC(=O)OCC(CO)OC(=O)CCCCC.CCCCCCCCCCCCCCCC(=O)OCC(CO)OC(=O)CCCCCCC. The number of ether oxygens (including phenoxy) is 4. The Morgan fingerprint density at radius 2 is 0.500 bits per heavy atom. The van der Waals surface area contributed by atoms with Gasteiger partial charge in [0.05, 0.1) is 13.2 Å². The third kappa shape index (κ3) is 48.8. The van der Waals surface area contributed by atoms with Crippen LogP contribution in [0.2, 0.25) is 0 Å². The van der Waals surface area contributed by atoms with Gasteiger partial charge < -0.3 is 29.2 Å². The third-order valence-corrected chi connectivity index (χ3v) is 11.3. The quantitative estimate of drug-likeness (QED) is 0.0344. The van der Waals surface area contributed by atoms with Gasteiger partial charge in [-0.3, -0.25) is 19.2 Å². The fraction of sp³-hybridized carbons (Fsp3) is 0.923. The largest absolute Gasteiger partial charge is 0.462 e. The number of hydrogen-bond acceptors (Lipinski definition) is 10. The molecule has 2 N–H and O–H groups in total. The lowest BCUT2D eigenvalue weighted by atomic mass is 10.0. The summed E-state index contributed by atoms with van der Waals surface area (Å²) in [6.07, 6.45) is 41.1. The normalized spacial score (nSPS) is 12.0. The first kappa shape index (κ1) is 61.9. The first-order valence-electron chi connectivity index (χ1n) is 26.2. The fourth-order valence-electron chi connectivity index (χ4n) is 7.22. The number of aliphatic hydroxyl groups is 2. The number of hydrogen-bond donors (Lipinski definition) is 2. The summed E-state index contributed by atoms with van der Waals surface area (Å²) in [5, 5.41) is 18.6. The molecule has 0 aliphatic carbocycles. The van der Waals surface area contributed by atoms with Crippen molar-refractivity contribution < 1.29 is 48.3 Å². The molecule has 0 heterocycles. The molecule has 10 heteroatoms. The number of rotatable bonds is 46. The first-order valence-corrected chi connectivity index (χ1v) is 26.2. The van der Waals surface area contributed by atoms with E-state index in [1.54, 1.807) is 0 Å². The summed E-state index contributed by atoms with van der Waals surface area (Å²) in [7, 11) is 0. The Kier molecular flexibility index (Phi) is 51.3. The summed E-state index contributed by atoms with van der Waals surface area (Å²) < 4.78 is 20.7. The van der Waals surface area contributed by atoms with Crippen LogP contribution in [0.25, 0.3) is 0 Å². The van der Waals surface area contributed by atoms with Gasteiger partial charge in [-0.05, 0) is 25.7 Å². The van der Waals surface area contributed by atoms with Gasteiger partial charge in [0.2, 0.25) is 0 Å². The van der Waals surface area contributed by atoms with Crippen LogP contribution in [-0.4, -0.2) is 72.7 Å². The van der Waals surface area contributed by atoms with Gasteiger partial charge >= 0.3 is 23.9 Å². The molecule has 0 aromatic carbocycles. The molecule has 0 saturated heterocycles. The number of aliphatic hydroxyl groups excluding tert-OH is 2. The highest BCUT2D eigenvalue weighted by Gasteiger charge is 2.17. The lowest BCUT2D eigenvalue weighted by molar-refractivity contribution is -0.161. The van der Waals surface area contributed by atoms with E-state index in [1.165, 1.54) is 154 Å². The number of carbonyl (C=O) groups is 4. The minimum Gasteiger partial charge on any atom is -0.462 e. The molecule has 0 saturated carbocycles. The molecule has 0 spiro atoms. The molecule has 0 radical (unpaired) electrons. The van der Waals surface area contributed by atoms with Crippen molar-refractivity contribution in [3.05, 3.63) is 0 Å². The van der Waals surface area contributed by atoms with Gasteiger partial charge in [-0.1, -0.05) is 220 Å². The fourth-order valence-corrected chi connectivity index (χ4v) is 7.22. The lowest BCUT2D eigenvalue weighted by Crippen LogP contribution is -2.28. The summed E-state index contributed by atoms with van der Waals surface area (Å²) >= 11 is 0. The van der Waals surface area contributed by atoms with E-state index in [4.69, 9.17) is 18.9 Å². The van der Waals surface area contributed by atoms with Crippen molar-refractivity contribution in [3.8, 4) is 0 Å². The van der Waals surface area contributed by atoms with E-state index in [-0.39, 0.29) is 50.3 Å². The predicted octanol–water partition coefficient (Wildman–Crippen LogP) is 13.8. The van der Waals surface area contributed by atoms with E-state index in [9.17, 15) is 29.4 Å². The zero-order valence-corrected chi connectivity index (χ0v) is 41.0. The van der Waals surface area contributed by atoms with Crippen molar-refractivity contribution in [1.82, 2.24) is 0 Å². The minimum absolute atomic E-state index is 0.0602. The van der Waals surface area contributed by atoms with Gasteiger partial charge in [0, 0.05) is 25.7 Å². The minimum atomic E-state index is -0.756. The molecule has 0 bridgehead atoms. The Morgan fingerprint density at radius 1 is 0.306 bits per heavy atom. The third-order valence-electron chi connectivity index (χ3n) is 11.3. The zero-order valence-electron chi connectivity index (χ0n) is 41.0. The molecule has 0 rings (SSSR count). The summed E-state index contributed by atoms with van der Waals surface area (Å²) in [4.78, 5) is 47.2. The van der Waals surface area contributed by atoms with Crippen molar-refractivity contribution in [2.45, 2.75) is 284 Å². The maximum Gasteiger partial charge on any atom is 0.306 e. The Hall–Kier alpha value is -2.20. The van der Waals surface area contributed by atoms with E-state index in [2.05, 4.69) is 27.7 Å². The van der Waals surface area contributed by atoms with Crippen LogP contribution in [0.1, 0.15) is 272 Å². The number of carbonyl (C=O) groups excluding carboxylic acids is 4. The van der Waals surface area contributed by atoms with Gasteiger partial charge in [0.1, 0.15) is 13.2 Å². The Bertz CT molecular complexity index is 973. The molecule has 0 aromatic heterocycles. The maximum absolute atomic E-state index is 11.9. The van der Waals surface area contributed by atoms with Crippen LogP contribution in [0.5, 0.6) is 0 Å². The highest BCUT2D eigenvalue weighted by Crippen LogP contribution is 2.15. The summed E-state index contributed by atoms with van der Waals surface area (Å²) in [6.45, 7) is 7.96. The maximum atomic E-state index is 11.9. The number of unbranched alkanes of at least 4 members (excludes halogenated alkanes) is 30. The average Bonchev–Trinajstić information content (AvgIpc) is 3.27. The Labute approximate surface area is 381 Å². The highest BCUT2D eigenvalue weighted by atomic mass is 16.6. The van der Waals surface area contributed by atoms with E-state index < -0.39 is 12.2 Å². The van der Waals surface area contributed by atoms with E-state index in [0.717, 1.165) is 64.2 Å². The zero-order chi connectivity index (χ0) is 46.0. The van der Waals surface area contributed by atoms with Crippen molar-refractivity contribution in [1.29, 1.82) is 0 Å². The second-order valence-corrected chi connectivity index (χ2v) is 17.6. The van der Waals surface area contributed by atoms with Crippen molar-refractivity contribution in [2.75, 3.05) is 26.4 Å². The molecule has 2 atom stereocenters. The molecule has 0 aliphatic rings. The Balaban J connectivity index is 0. The second-order valence-electron chi connectivity index (χ2n) is 17.6. The monoisotopic (exact) mass is 885 g/mol. The molecule has 0 amide bonds. The van der Waals surface area contributed by atoms with Crippen molar-refractivity contribution >= 4 is 23.9 Å². The molecular weight excluding hydrogens is 785 g/mol. The van der Waals surface area contributed by atoms with E-state index in [0.29, 0.717) is 25.7 Å². The molecule has 2 unspecified atom stereocenters. The second kappa shape index (κ2) is 51.4. The smallest absolute Gasteiger partial charge is 0.306 e. The van der Waals surface area contributed by atoms with Crippen LogP contribution in [0.3, 0.4) is 0 Å². The summed E-state index contributed by atoms with van der Waals surface area (Å²) in [5.74, 6) is -1.22. The van der Waals surface area contributed by atoms with Gasteiger partial charge in [0.25, 0.3) is 0 Å². The predicted molar refractivity (Wildman–Crippen MR) is 254 cm³/mol. The molecule has 0 aromatic rings. The van der Waals surface area contributed by atoms with Gasteiger partial charge in [0.15, 0.2) is 12.2 Å². The molecule has 0 aliphatic heterocycles. The van der Waals surface area contributed by atoms with E-state index in [1.807, 2.05) is 0 Å². The van der Waals surface area contributed by atoms with Crippen molar-refractivity contribution in [3.63, 3.8) is 0 Å². The van der Waals surface area contributed by atoms with Crippen molar-refractivity contribution in [2.24, 2.45) is 0 Å². The molecule has 368 valence electrons. The topological polar surface area (TPSA) is 146 Å². The van der Waals surface area contributed by atoms with Crippen LogP contribution in [0.15, 0.2) is 0 Å². The average molecular weight is 885 g/mol. The molecule has 10 nitrogen and oxygen atoms in total. The molecular formula is C52H100O10. The van der Waals surface area contributed by atoms with Crippen LogP contribution < -0.4 is 0 Å². The Morgan fingerprint density at radius 3 is 0.742 bits per heavy atom. The summed E-state index contributed by atoms with van der Waals surface area (Å²) in [5.41, 5.74) is 0. The number of esters is 4. The van der Waals surface area contributed by atoms with Crippen LogP contribution in [0.4, 0.5) is 0 Å². The lowest BCUT2D eigenvalue weighted by Gasteiger charge is -2.15.